The number of likely N-dealkylation sites (tertiary alicyclic amines) is 1. The second kappa shape index (κ2) is 10.8. The number of ether oxygens (including phenoxy) is 1. The molecule has 1 saturated heterocycles. The van der Waals surface area contributed by atoms with Gasteiger partial charge in [-0.1, -0.05) is 18.2 Å². The average Bonchev–Trinajstić information content (AvgIpc) is 3.56. The van der Waals surface area contributed by atoms with Crippen LogP contribution in [0.15, 0.2) is 53.9 Å². The molecule has 7 nitrogen and oxygen atoms in total. The molecule has 5 rings (SSSR count). The summed E-state index contributed by atoms with van der Waals surface area (Å²) in [5.41, 5.74) is 3.26. The van der Waals surface area contributed by atoms with Gasteiger partial charge in [0.05, 0.1) is 12.1 Å². The lowest BCUT2D eigenvalue weighted by molar-refractivity contribution is -0.132. The van der Waals surface area contributed by atoms with E-state index in [1.165, 1.54) is 16.9 Å². The van der Waals surface area contributed by atoms with Crippen LogP contribution in [0.5, 0.6) is 5.75 Å². The summed E-state index contributed by atoms with van der Waals surface area (Å²) in [4.78, 5) is 46.9. The minimum absolute atomic E-state index is 0.0111. The third kappa shape index (κ3) is 5.30. The number of fused-ring (bicyclic) bond motifs is 1. The Hall–Kier alpha value is -3.52. The third-order valence-electron chi connectivity index (χ3n) is 7.34. The first-order chi connectivity index (χ1) is 17.9. The summed E-state index contributed by atoms with van der Waals surface area (Å²) in [5, 5.41) is 2.83. The Morgan fingerprint density at radius 2 is 1.76 bits per heavy atom. The SMILES string of the molecule is COc1ccc(C(=O)CCC(=O)N2CCC(c3nc(C(=O)N4c5ccccc5CC4C)cs3)CC2)cc1. The van der Waals surface area contributed by atoms with Crippen LogP contribution in [0.25, 0.3) is 0 Å². The highest BCUT2D eigenvalue weighted by molar-refractivity contribution is 7.10. The van der Waals surface area contributed by atoms with Crippen molar-refractivity contribution in [3.8, 4) is 5.75 Å². The maximum absolute atomic E-state index is 13.3. The van der Waals surface area contributed by atoms with Crippen molar-refractivity contribution >= 4 is 34.6 Å². The zero-order valence-electron chi connectivity index (χ0n) is 21.2. The normalized spacial score (nSPS) is 17.5. The van der Waals surface area contributed by atoms with Gasteiger partial charge in [0.25, 0.3) is 5.91 Å². The zero-order chi connectivity index (χ0) is 25.9. The number of rotatable bonds is 7. The van der Waals surface area contributed by atoms with Crippen molar-refractivity contribution in [1.82, 2.24) is 9.88 Å². The summed E-state index contributed by atoms with van der Waals surface area (Å²) in [7, 11) is 1.58. The van der Waals surface area contributed by atoms with Crippen molar-refractivity contribution in [1.29, 1.82) is 0 Å². The van der Waals surface area contributed by atoms with E-state index >= 15 is 0 Å². The molecule has 2 aliphatic rings. The van der Waals surface area contributed by atoms with Crippen LogP contribution in [0.1, 0.15) is 69.9 Å². The predicted molar refractivity (Wildman–Crippen MR) is 144 cm³/mol. The fraction of sp³-hybridized carbons (Fsp3) is 0.379. The number of nitrogens with zero attached hydrogens (tertiary/aromatic N) is 3. The van der Waals surface area contributed by atoms with E-state index in [2.05, 4.69) is 13.0 Å². The van der Waals surface area contributed by atoms with Crippen LogP contribution in [-0.4, -0.2) is 53.7 Å². The molecule has 2 aromatic carbocycles. The third-order valence-corrected chi connectivity index (χ3v) is 8.35. The quantitative estimate of drug-likeness (QED) is 0.407. The Morgan fingerprint density at radius 1 is 1.03 bits per heavy atom. The Balaban J connectivity index is 1.13. The highest BCUT2D eigenvalue weighted by Crippen LogP contribution is 2.35. The largest absolute Gasteiger partial charge is 0.497 e. The molecule has 192 valence electrons. The van der Waals surface area contributed by atoms with Crippen LogP contribution >= 0.6 is 11.3 Å². The Morgan fingerprint density at radius 3 is 2.49 bits per heavy atom. The van der Waals surface area contributed by atoms with E-state index < -0.39 is 0 Å². The van der Waals surface area contributed by atoms with Gasteiger partial charge < -0.3 is 14.5 Å². The molecule has 3 aromatic rings. The van der Waals surface area contributed by atoms with Gasteiger partial charge in [0.1, 0.15) is 11.4 Å². The van der Waals surface area contributed by atoms with E-state index in [9.17, 15) is 14.4 Å². The second-order valence-electron chi connectivity index (χ2n) is 9.73. The summed E-state index contributed by atoms with van der Waals surface area (Å²) < 4.78 is 5.13. The number of amides is 2. The zero-order valence-corrected chi connectivity index (χ0v) is 22.0. The smallest absolute Gasteiger partial charge is 0.278 e. The number of ketones is 1. The van der Waals surface area contributed by atoms with Gasteiger partial charge in [-0.2, -0.15) is 0 Å². The number of carbonyl (C=O) groups excluding carboxylic acids is 3. The number of methoxy groups -OCH3 is 1. The molecule has 2 aliphatic heterocycles. The van der Waals surface area contributed by atoms with Crippen LogP contribution in [-0.2, 0) is 11.2 Å². The van der Waals surface area contributed by atoms with Crippen molar-refractivity contribution < 1.29 is 19.1 Å². The van der Waals surface area contributed by atoms with Crippen molar-refractivity contribution in [2.24, 2.45) is 0 Å². The molecule has 0 radical (unpaired) electrons. The number of benzene rings is 2. The molecule has 8 heteroatoms. The molecular formula is C29H31N3O4S. The van der Waals surface area contributed by atoms with Crippen molar-refractivity contribution in [2.75, 3.05) is 25.1 Å². The van der Waals surface area contributed by atoms with Gasteiger partial charge in [0, 0.05) is 54.5 Å². The lowest BCUT2D eigenvalue weighted by atomic mass is 9.97. The number of anilines is 1. The number of para-hydroxylation sites is 1. The van der Waals surface area contributed by atoms with Crippen molar-refractivity contribution in [2.45, 2.75) is 51.0 Å². The van der Waals surface area contributed by atoms with Gasteiger partial charge in [-0.25, -0.2) is 4.98 Å². The molecule has 0 saturated carbocycles. The first-order valence-corrected chi connectivity index (χ1v) is 13.6. The van der Waals surface area contributed by atoms with Gasteiger partial charge in [0.2, 0.25) is 5.91 Å². The number of hydrogen-bond acceptors (Lipinski definition) is 6. The van der Waals surface area contributed by atoms with E-state index in [0.717, 1.165) is 30.0 Å². The number of thiazole rings is 1. The maximum Gasteiger partial charge on any atom is 0.278 e. The molecule has 37 heavy (non-hydrogen) atoms. The van der Waals surface area contributed by atoms with Crippen LogP contribution in [0.3, 0.4) is 0 Å². The number of piperidine rings is 1. The highest BCUT2D eigenvalue weighted by Gasteiger charge is 2.33. The van der Waals surface area contributed by atoms with Gasteiger partial charge in [-0.15, -0.1) is 11.3 Å². The summed E-state index contributed by atoms with van der Waals surface area (Å²) in [6.45, 7) is 3.35. The fourth-order valence-corrected chi connectivity index (χ4v) is 6.21. The van der Waals surface area contributed by atoms with Crippen LogP contribution in [0.4, 0.5) is 5.69 Å². The number of aromatic nitrogens is 1. The van der Waals surface area contributed by atoms with Gasteiger partial charge >= 0.3 is 0 Å². The predicted octanol–water partition coefficient (Wildman–Crippen LogP) is 5.11. The van der Waals surface area contributed by atoms with Crippen LogP contribution in [0.2, 0.25) is 0 Å². The first kappa shape index (κ1) is 25.1. The number of hydrogen-bond donors (Lipinski definition) is 0. The standard InChI is InChI=1S/C29H31N3O4S/c1-19-17-22-5-3-4-6-25(22)32(19)29(35)24-18-37-28(30-24)21-13-15-31(16-14-21)27(34)12-11-26(33)20-7-9-23(36-2)10-8-20/h3-10,18-19,21H,11-17H2,1-2H3. The Labute approximate surface area is 221 Å². The molecule has 3 heterocycles. The summed E-state index contributed by atoms with van der Waals surface area (Å²) in [6.07, 6.45) is 2.88. The summed E-state index contributed by atoms with van der Waals surface area (Å²) in [6, 6.07) is 15.1. The van der Waals surface area contributed by atoms with Crippen molar-refractivity contribution in [3.05, 3.63) is 75.7 Å². The first-order valence-electron chi connectivity index (χ1n) is 12.8. The molecule has 0 aliphatic carbocycles. The molecule has 1 fully saturated rings. The Bertz CT molecular complexity index is 1290. The monoisotopic (exact) mass is 517 g/mol. The Kier molecular flexibility index (Phi) is 7.37. The van der Waals surface area contributed by atoms with E-state index in [0.29, 0.717) is 30.1 Å². The van der Waals surface area contributed by atoms with E-state index in [1.807, 2.05) is 33.4 Å². The second-order valence-corrected chi connectivity index (χ2v) is 10.6. The number of Topliss-reactive ketones (excluding diaryl/α,β-unsaturated/α-hetero) is 1. The van der Waals surface area contributed by atoms with E-state index in [4.69, 9.17) is 9.72 Å². The maximum atomic E-state index is 13.3. The molecule has 0 N–H and O–H groups in total. The topological polar surface area (TPSA) is 79.8 Å². The van der Waals surface area contributed by atoms with Crippen LogP contribution in [0, 0.1) is 0 Å². The van der Waals surface area contributed by atoms with E-state index in [1.54, 1.807) is 31.4 Å². The van der Waals surface area contributed by atoms with Crippen LogP contribution < -0.4 is 9.64 Å². The number of carbonyl (C=O) groups is 3. The minimum atomic E-state index is -0.0471. The summed E-state index contributed by atoms with van der Waals surface area (Å²) in [5.74, 6) is 0.856. The minimum Gasteiger partial charge on any atom is -0.497 e. The lowest BCUT2D eigenvalue weighted by Crippen LogP contribution is -2.38. The van der Waals surface area contributed by atoms with E-state index in [-0.39, 0.29) is 42.4 Å². The molecule has 0 bridgehead atoms. The molecular weight excluding hydrogens is 486 g/mol. The lowest BCUT2D eigenvalue weighted by Gasteiger charge is -2.31. The summed E-state index contributed by atoms with van der Waals surface area (Å²) >= 11 is 1.53. The van der Waals surface area contributed by atoms with Gasteiger partial charge in [-0.05, 0) is 62.1 Å². The molecule has 1 atom stereocenters. The molecule has 1 unspecified atom stereocenters. The van der Waals surface area contributed by atoms with Crippen molar-refractivity contribution in [3.63, 3.8) is 0 Å². The average molecular weight is 518 g/mol. The molecule has 2 amide bonds. The van der Waals surface area contributed by atoms with Gasteiger partial charge in [0.15, 0.2) is 5.78 Å². The highest BCUT2D eigenvalue weighted by atomic mass is 32.1. The molecule has 0 spiro atoms. The van der Waals surface area contributed by atoms with Gasteiger partial charge in [-0.3, -0.25) is 14.4 Å². The fourth-order valence-electron chi connectivity index (χ4n) is 5.25. The molecule has 1 aromatic heterocycles.